The summed E-state index contributed by atoms with van der Waals surface area (Å²) in [5, 5.41) is 12.2. The number of carbonyl (C=O) groups is 1. The number of rotatable bonds is 12. The van der Waals surface area contributed by atoms with Gasteiger partial charge in [-0.1, -0.05) is 38.2 Å². The number of amides is 1. The molecule has 3 N–H and O–H groups in total. The minimum atomic E-state index is -0.525. The van der Waals surface area contributed by atoms with Crippen LogP contribution in [0.15, 0.2) is 70.5 Å². The van der Waals surface area contributed by atoms with Crippen LogP contribution in [0.25, 0.3) is 0 Å². The lowest BCUT2D eigenvalue weighted by molar-refractivity contribution is -0.125. The molecule has 0 fully saturated rings. The Balaban J connectivity index is 1.94. The number of aliphatic hydroxyl groups is 1. The fraction of sp³-hybridized carbons (Fsp3) is 0.500. The van der Waals surface area contributed by atoms with E-state index in [1.807, 2.05) is 55.7 Å². The first-order valence-electron chi connectivity index (χ1n) is 11.7. The van der Waals surface area contributed by atoms with E-state index in [1.54, 1.807) is 0 Å². The lowest BCUT2D eigenvalue weighted by Crippen LogP contribution is -2.46. The molecule has 182 valence electrons. The molecule has 0 spiro atoms. The molecule has 7 heteroatoms. The van der Waals surface area contributed by atoms with Gasteiger partial charge in [0.2, 0.25) is 5.91 Å². The number of allylic oxidation sites excluding steroid dienone is 6. The average Bonchev–Trinajstić information content (AvgIpc) is 2.83. The summed E-state index contributed by atoms with van der Waals surface area (Å²) < 4.78 is 0. The normalized spacial score (nSPS) is 22.2. The van der Waals surface area contributed by atoms with Crippen LogP contribution in [-0.4, -0.2) is 53.0 Å². The van der Waals surface area contributed by atoms with E-state index in [0.29, 0.717) is 19.5 Å². The first kappa shape index (κ1) is 27.2. The maximum Gasteiger partial charge on any atom is 0.241 e. The number of aliphatic hydroxyl groups excluding tert-OH is 1. The molecule has 1 heterocycles. The van der Waals surface area contributed by atoms with Gasteiger partial charge in [-0.05, 0) is 63.6 Å². The molecule has 0 saturated heterocycles. The second-order valence-corrected chi connectivity index (χ2v) is 9.46. The molecule has 2 aliphatic rings. The van der Waals surface area contributed by atoms with E-state index in [9.17, 15) is 9.90 Å². The highest BCUT2D eigenvalue weighted by molar-refractivity contribution is 8.03. The first-order chi connectivity index (χ1) is 15.8. The summed E-state index contributed by atoms with van der Waals surface area (Å²) in [5.74, 6) is 0.917. The van der Waals surface area contributed by atoms with E-state index in [2.05, 4.69) is 55.0 Å². The molecule has 1 aliphatic carbocycles. The number of carbonyl (C=O) groups excluding carboxylic acids is 1. The van der Waals surface area contributed by atoms with Gasteiger partial charge in [0.05, 0.1) is 18.3 Å². The molecule has 0 radical (unpaired) electrons. The van der Waals surface area contributed by atoms with Crippen molar-refractivity contribution >= 4 is 17.7 Å². The largest absolute Gasteiger partial charge is 0.395 e. The molecule has 0 bridgehead atoms. The standard InChI is InChI=1S/C26H39N3O3S/c1-6-10-23(19-20(3)24-11-8-9-18-33-24)28-32-26(5)14-12-22(13-15-26)27-25(31)21(4)29(7-2)16-17-30/h8-14,19,21,28,30H,6-7,15-18H2,1-5H3,(H,27,31)/b20-19+,23-10+. The first-order valence-corrected chi connectivity index (χ1v) is 12.7. The third-order valence-corrected chi connectivity index (χ3v) is 6.76. The lowest BCUT2D eigenvalue weighted by Gasteiger charge is -2.30. The predicted molar refractivity (Wildman–Crippen MR) is 138 cm³/mol. The van der Waals surface area contributed by atoms with Crippen LogP contribution in [0.4, 0.5) is 0 Å². The summed E-state index contributed by atoms with van der Waals surface area (Å²) in [6.07, 6.45) is 18.0. The molecular formula is C26H39N3O3S. The fourth-order valence-corrected chi connectivity index (χ4v) is 4.37. The highest BCUT2D eigenvalue weighted by Gasteiger charge is 2.26. The van der Waals surface area contributed by atoms with Crippen molar-refractivity contribution in [2.45, 2.75) is 59.1 Å². The summed E-state index contributed by atoms with van der Waals surface area (Å²) in [5.41, 5.74) is 5.52. The number of thioether (sulfide) groups is 1. The van der Waals surface area contributed by atoms with Crippen LogP contribution in [-0.2, 0) is 9.63 Å². The van der Waals surface area contributed by atoms with Crippen molar-refractivity contribution in [2.75, 3.05) is 25.4 Å². The Morgan fingerprint density at radius 3 is 2.79 bits per heavy atom. The highest BCUT2D eigenvalue weighted by atomic mass is 32.2. The number of likely N-dealkylation sites (N-methyl/N-ethyl adjacent to an activating group) is 1. The van der Waals surface area contributed by atoms with Gasteiger partial charge in [-0.15, -0.1) is 11.8 Å². The maximum atomic E-state index is 12.6. The number of nitrogens with one attached hydrogen (secondary N) is 2. The number of hydrogen-bond acceptors (Lipinski definition) is 6. The molecule has 1 amide bonds. The Morgan fingerprint density at radius 1 is 1.42 bits per heavy atom. The second kappa shape index (κ2) is 13.6. The molecule has 0 saturated carbocycles. The van der Waals surface area contributed by atoms with Crippen molar-refractivity contribution in [1.82, 2.24) is 15.7 Å². The van der Waals surface area contributed by atoms with E-state index < -0.39 is 5.60 Å². The van der Waals surface area contributed by atoms with Crippen LogP contribution in [0, 0.1) is 0 Å². The third-order valence-electron chi connectivity index (χ3n) is 5.64. The summed E-state index contributed by atoms with van der Waals surface area (Å²) in [6.45, 7) is 11.3. The number of hydrogen-bond donors (Lipinski definition) is 3. The molecule has 2 atom stereocenters. The van der Waals surface area contributed by atoms with Crippen molar-refractivity contribution in [1.29, 1.82) is 0 Å². The number of nitrogens with zero attached hydrogens (tertiary/aromatic N) is 1. The molecule has 1 aliphatic heterocycles. The van der Waals surface area contributed by atoms with Gasteiger partial charge in [-0.25, -0.2) is 0 Å². The van der Waals surface area contributed by atoms with Gasteiger partial charge in [0.1, 0.15) is 5.60 Å². The van der Waals surface area contributed by atoms with Crippen LogP contribution in [0.2, 0.25) is 0 Å². The van der Waals surface area contributed by atoms with Crippen molar-refractivity contribution in [3.8, 4) is 0 Å². The molecule has 0 aromatic heterocycles. The van der Waals surface area contributed by atoms with E-state index in [0.717, 1.165) is 23.6 Å². The Morgan fingerprint density at radius 2 is 2.21 bits per heavy atom. The molecule has 0 aromatic carbocycles. The fourth-order valence-electron chi connectivity index (χ4n) is 3.52. The van der Waals surface area contributed by atoms with Crippen LogP contribution in [0.5, 0.6) is 0 Å². The van der Waals surface area contributed by atoms with Crippen molar-refractivity contribution in [2.24, 2.45) is 0 Å². The van der Waals surface area contributed by atoms with Crippen molar-refractivity contribution in [3.05, 3.63) is 70.5 Å². The van der Waals surface area contributed by atoms with Crippen molar-refractivity contribution in [3.63, 3.8) is 0 Å². The lowest BCUT2D eigenvalue weighted by atomic mass is 9.96. The zero-order valence-electron chi connectivity index (χ0n) is 20.6. The predicted octanol–water partition coefficient (Wildman–Crippen LogP) is 4.36. The Bertz CT molecular complexity index is 857. The highest BCUT2D eigenvalue weighted by Crippen LogP contribution is 2.28. The van der Waals surface area contributed by atoms with Gasteiger partial charge in [0.25, 0.3) is 0 Å². The molecule has 2 unspecified atom stereocenters. The van der Waals surface area contributed by atoms with E-state index >= 15 is 0 Å². The van der Waals surface area contributed by atoms with Crippen LogP contribution < -0.4 is 10.8 Å². The average molecular weight is 474 g/mol. The minimum absolute atomic E-state index is 0.0351. The van der Waals surface area contributed by atoms with Crippen LogP contribution in [0.3, 0.4) is 0 Å². The van der Waals surface area contributed by atoms with Crippen molar-refractivity contribution < 1.29 is 14.7 Å². The molecule has 6 nitrogen and oxygen atoms in total. The minimum Gasteiger partial charge on any atom is -0.395 e. The summed E-state index contributed by atoms with van der Waals surface area (Å²) >= 11 is 1.83. The van der Waals surface area contributed by atoms with Crippen LogP contribution >= 0.6 is 11.8 Å². The smallest absolute Gasteiger partial charge is 0.241 e. The van der Waals surface area contributed by atoms with E-state index in [-0.39, 0.29) is 18.6 Å². The third kappa shape index (κ3) is 8.66. The molecule has 33 heavy (non-hydrogen) atoms. The molecular weight excluding hydrogens is 434 g/mol. The Labute approximate surface area is 203 Å². The molecule has 0 aromatic rings. The molecule has 2 rings (SSSR count). The monoisotopic (exact) mass is 473 g/mol. The van der Waals surface area contributed by atoms with Gasteiger partial charge >= 0.3 is 0 Å². The van der Waals surface area contributed by atoms with Crippen LogP contribution in [0.1, 0.15) is 47.5 Å². The number of hydroxylamine groups is 1. The SMILES string of the molecule is CC/C=C(\C=C(/C)C1=CC=CCS1)NOC1(C)C=CC(NC(=O)C(C)N(CC)CCO)=CC1. The Kier molecular flexibility index (Phi) is 11.2. The topological polar surface area (TPSA) is 73.8 Å². The van der Waals surface area contributed by atoms with E-state index in [4.69, 9.17) is 4.84 Å². The van der Waals surface area contributed by atoms with Gasteiger partial charge in [-0.2, -0.15) is 0 Å². The quantitative estimate of drug-likeness (QED) is 0.289. The summed E-state index contributed by atoms with van der Waals surface area (Å²) in [4.78, 5) is 21.9. The summed E-state index contributed by atoms with van der Waals surface area (Å²) in [7, 11) is 0. The zero-order chi connectivity index (χ0) is 24.3. The summed E-state index contributed by atoms with van der Waals surface area (Å²) in [6, 6.07) is -0.313. The van der Waals surface area contributed by atoms with E-state index in [1.165, 1.54) is 10.5 Å². The Hall–Kier alpha value is -2.06. The maximum absolute atomic E-state index is 12.6. The van der Waals surface area contributed by atoms with Gasteiger partial charge < -0.3 is 10.4 Å². The second-order valence-electron chi connectivity index (χ2n) is 8.40. The van der Waals surface area contributed by atoms with Gasteiger partial charge in [-0.3, -0.25) is 20.0 Å². The zero-order valence-corrected chi connectivity index (χ0v) is 21.4. The van der Waals surface area contributed by atoms with Gasteiger partial charge in [0, 0.05) is 29.3 Å². The van der Waals surface area contributed by atoms with Gasteiger partial charge in [0.15, 0.2) is 0 Å².